The van der Waals surface area contributed by atoms with Crippen LogP contribution in [0.2, 0.25) is 0 Å². The zero-order valence-electron chi connectivity index (χ0n) is 5.34. The number of rotatable bonds is 3. The molecule has 0 aliphatic heterocycles. The quantitative estimate of drug-likeness (QED) is 0.163. The van der Waals surface area contributed by atoms with E-state index in [2.05, 4.69) is 15.3 Å². The number of urea groups is 1. The molecule has 2 amide bonds. The van der Waals surface area contributed by atoms with E-state index in [1.54, 1.807) is 0 Å². The largest absolute Gasteiger partial charge is 0.333 e. The summed E-state index contributed by atoms with van der Waals surface area (Å²) in [5.41, 5.74) is 7.78. The minimum Gasteiger partial charge on any atom is -0.265 e. The number of azide groups is 1. The normalized spacial score (nSPS) is 8.09. The van der Waals surface area contributed by atoms with Crippen LogP contribution in [0.1, 0.15) is 0 Å². The molecule has 0 unspecified atom stereocenters. The molecule has 0 aromatic rings. The number of alkyl halides is 1. The third-order valence-electron chi connectivity index (χ3n) is 0.746. The molecule has 8 heteroatoms. The summed E-state index contributed by atoms with van der Waals surface area (Å²) in [6.07, 6.45) is 0. The first-order valence-electron chi connectivity index (χ1n) is 2.52. The summed E-state index contributed by atoms with van der Waals surface area (Å²) in [4.78, 5) is 22.5. The maximum atomic E-state index is 10.5. The second-order valence-corrected chi connectivity index (χ2v) is 1.74. The molecule has 0 aromatic heterocycles. The molecule has 0 aliphatic carbocycles. The highest BCUT2D eigenvalue weighted by atomic mass is 35.5. The van der Waals surface area contributed by atoms with Crippen LogP contribution < -0.4 is 0 Å². The van der Waals surface area contributed by atoms with Crippen molar-refractivity contribution in [2.24, 2.45) is 10.4 Å². The van der Waals surface area contributed by atoms with Gasteiger partial charge in [0.25, 0.3) is 0 Å². The fourth-order valence-electron chi connectivity index (χ4n) is 0.341. The fraction of sp³-hybridized carbons (Fsp3) is 0.667. The first kappa shape index (κ1) is 9.67. The van der Waals surface area contributed by atoms with Crippen molar-refractivity contribution in [1.82, 2.24) is 5.01 Å². The van der Waals surface area contributed by atoms with Crippen molar-refractivity contribution >= 4 is 17.6 Å². The van der Waals surface area contributed by atoms with Gasteiger partial charge in [0.05, 0.1) is 11.8 Å². The van der Waals surface area contributed by atoms with Crippen LogP contribution in [-0.4, -0.2) is 23.5 Å². The van der Waals surface area contributed by atoms with Crippen molar-refractivity contribution in [3.05, 3.63) is 15.3 Å². The third kappa shape index (κ3) is 3.39. The Balaban J connectivity index is 4.12. The number of nitrogens with zero attached hydrogens (tertiary/aromatic N) is 5. The molecule has 0 radical (unpaired) electrons. The molecule has 0 saturated heterocycles. The summed E-state index contributed by atoms with van der Waals surface area (Å²) >= 11 is 5.19. The SMILES string of the molecule is [N-]=[N+]=NC(=O)N(CCCl)N=O. The summed E-state index contributed by atoms with van der Waals surface area (Å²) < 4.78 is 0. The van der Waals surface area contributed by atoms with Crippen molar-refractivity contribution in [1.29, 1.82) is 0 Å². The molecule has 0 bridgehead atoms. The molecule has 0 N–H and O–H groups in total. The van der Waals surface area contributed by atoms with Crippen LogP contribution in [0, 0.1) is 4.91 Å². The molecule has 7 nitrogen and oxygen atoms in total. The Morgan fingerprint density at radius 3 is 2.73 bits per heavy atom. The van der Waals surface area contributed by atoms with E-state index in [1.807, 2.05) is 0 Å². The van der Waals surface area contributed by atoms with Gasteiger partial charge >= 0.3 is 6.03 Å². The predicted molar refractivity (Wildman–Crippen MR) is 37.8 cm³/mol. The lowest BCUT2D eigenvalue weighted by atomic mass is 10.7. The van der Waals surface area contributed by atoms with E-state index in [-0.39, 0.29) is 12.4 Å². The zero-order chi connectivity index (χ0) is 8.69. The van der Waals surface area contributed by atoms with Crippen LogP contribution in [0.5, 0.6) is 0 Å². The van der Waals surface area contributed by atoms with Gasteiger partial charge < -0.3 is 0 Å². The Morgan fingerprint density at radius 1 is 1.73 bits per heavy atom. The van der Waals surface area contributed by atoms with Crippen molar-refractivity contribution in [3.8, 4) is 0 Å². The summed E-state index contributed by atoms with van der Waals surface area (Å²) in [6, 6.07) is -1.05. The standard InChI is InChI=1S/C3H4ClN5O2/c4-1-2-9(8-11)3(10)6-7-5/h1-2H2. The molecule has 0 aliphatic rings. The Morgan fingerprint density at radius 2 is 2.36 bits per heavy atom. The van der Waals surface area contributed by atoms with E-state index in [4.69, 9.17) is 17.1 Å². The van der Waals surface area contributed by atoms with E-state index < -0.39 is 6.03 Å². The maximum Gasteiger partial charge on any atom is 0.333 e. The summed E-state index contributed by atoms with van der Waals surface area (Å²) in [5.74, 6) is 0.0540. The average molecular weight is 178 g/mol. The molecule has 60 valence electrons. The lowest BCUT2D eigenvalue weighted by Gasteiger charge is -2.05. The highest BCUT2D eigenvalue weighted by Gasteiger charge is 2.09. The van der Waals surface area contributed by atoms with E-state index >= 15 is 0 Å². The van der Waals surface area contributed by atoms with E-state index in [1.165, 1.54) is 0 Å². The predicted octanol–water partition coefficient (Wildman–Crippen LogP) is 1.64. The van der Waals surface area contributed by atoms with Gasteiger partial charge in [-0.25, -0.2) is 0 Å². The number of hydrogen-bond donors (Lipinski definition) is 0. The van der Waals surface area contributed by atoms with Gasteiger partial charge in [-0.2, -0.15) is 5.01 Å². The molecule has 0 spiro atoms. The molecule has 0 fully saturated rings. The summed E-state index contributed by atoms with van der Waals surface area (Å²) in [7, 11) is 0. The summed E-state index contributed by atoms with van der Waals surface area (Å²) in [6.45, 7) is -0.0666. The molecule has 0 rings (SSSR count). The highest BCUT2D eigenvalue weighted by molar-refractivity contribution is 6.18. The molecular formula is C3H4ClN5O2. The van der Waals surface area contributed by atoms with Crippen LogP contribution in [-0.2, 0) is 0 Å². The van der Waals surface area contributed by atoms with Crippen molar-refractivity contribution in [2.75, 3.05) is 12.4 Å². The van der Waals surface area contributed by atoms with Crippen molar-refractivity contribution in [3.63, 3.8) is 0 Å². The van der Waals surface area contributed by atoms with Crippen LogP contribution in [0.4, 0.5) is 4.79 Å². The Bertz CT molecular complexity index is 200. The molecule has 0 saturated carbocycles. The molecule has 0 heterocycles. The lowest BCUT2D eigenvalue weighted by Crippen LogP contribution is -2.23. The van der Waals surface area contributed by atoms with Crippen LogP contribution in [0.3, 0.4) is 0 Å². The zero-order valence-corrected chi connectivity index (χ0v) is 6.10. The molecule has 0 aromatic carbocycles. The Hall–Kier alpha value is -1.33. The van der Waals surface area contributed by atoms with E-state index in [9.17, 15) is 9.70 Å². The van der Waals surface area contributed by atoms with E-state index in [0.717, 1.165) is 0 Å². The fourth-order valence-corrected chi connectivity index (χ4v) is 0.501. The number of carbonyl (C=O) groups excluding carboxylic acids is 1. The minimum atomic E-state index is -1.05. The number of carbonyl (C=O) groups is 1. The smallest absolute Gasteiger partial charge is 0.265 e. The van der Waals surface area contributed by atoms with Gasteiger partial charge in [-0.3, -0.25) is 4.79 Å². The maximum absolute atomic E-state index is 10.5. The second-order valence-electron chi connectivity index (χ2n) is 1.37. The van der Waals surface area contributed by atoms with Gasteiger partial charge in [0.2, 0.25) is 0 Å². The van der Waals surface area contributed by atoms with Gasteiger partial charge in [0, 0.05) is 15.9 Å². The molecule has 11 heavy (non-hydrogen) atoms. The summed E-state index contributed by atoms with van der Waals surface area (Å²) in [5, 5.41) is 5.35. The minimum absolute atomic E-state index is 0.0540. The molecule has 0 atom stereocenters. The Labute approximate surface area is 66.5 Å². The number of halogens is 1. The van der Waals surface area contributed by atoms with Gasteiger partial charge in [-0.05, 0) is 5.53 Å². The Kier molecular flexibility index (Phi) is 4.80. The molecular weight excluding hydrogens is 174 g/mol. The van der Waals surface area contributed by atoms with Crippen LogP contribution in [0.15, 0.2) is 10.4 Å². The average Bonchev–Trinajstić information content (AvgIpc) is 2.00. The van der Waals surface area contributed by atoms with Crippen LogP contribution in [0.25, 0.3) is 10.4 Å². The first-order chi connectivity index (χ1) is 5.26. The van der Waals surface area contributed by atoms with Crippen molar-refractivity contribution in [2.45, 2.75) is 0 Å². The van der Waals surface area contributed by atoms with Gasteiger partial charge in [0.15, 0.2) is 0 Å². The lowest BCUT2D eigenvalue weighted by molar-refractivity contribution is 0.212. The van der Waals surface area contributed by atoms with Gasteiger partial charge in [-0.1, -0.05) is 0 Å². The third-order valence-corrected chi connectivity index (χ3v) is 0.915. The first-order valence-corrected chi connectivity index (χ1v) is 3.05. The monoisotopic (exact) mass is 177 g/mol. The van der Waals surface area contributed by atoms with Crippen molar-refractivity contribution < 1.29 is 4.79 Å². The number of hydrogen-bond acceptors (Lipinski definition) is 3. The van der Waals surface area contributed by atoms with Gasteiger partial charge in [0.1, 0.15) is 0 Å². The van der Waals surface area contributed by atoms with Crippen LogP contribution >= 0.6 is 11.6 Å². The topological polar surface area (TPSA) is 98.5 Å². The highest BCUT2D eigenvalue weighted by Crippen LogP contribution is 1.94. The number of nitroso groups, excluding NO2 is 1. The number of amides is 2. The van der Waals surface area contributed by atoms with E-state index in [0.29, 0.717) is 5.01 Å². The van der Waals surface area contributed by atoms with Gasteiger partial charge in [-0.15, -0.1) is 16.5 Å². The second kappa shape index (κ2) is 5.45.